The number of phosphoric acid groups is 1. The molecule has 1 N–H and O–H groups in total. The van der Waals surface area contributed by atoms with Gasteiger partial charge in [-0.2, -0.15) is 0 Å². The summed E-state index contributed by atoms with van der Waals surface area (Å²) in [6.07, 6.45) is 1.26. The molecule has 0 spiro atoms. The molecule has 13 heavy (non-hydrogen) atoms. The van der Waals surface area contributed by atoms with E-state index in [1.54, 1.807) is 0 Å². The molecule has 74 valence electrons. The summed E-state index contributed by atoms with van der Waals surface area (Å²) < 4.78 is 19.3. The molecule has 0 aromatic carbocycles. The minimum Gasteiger partial charge on any atom is -0.367 e. The molecule has 0 rings (SSSR count). The number of carbonyl (C=O) groups excluding carboxylic acids is 1. The highest BCUT2D eigenvalue weighted by molar-refractivity contribution is 7.48. The van der Waals surface area contributed by atoms with Crippen molar-refractivity contribution in [1.29, 1.82) is 0 Å². The fourth-order valence-electron chi connectivity index (χ4n) is 0.356. The molecule has 1 unspecified atom stereocenters. The summed E-state index contributed by atoms with van der Waals surface area (Å²) in [5.41, 5.74) is 0.0245. The predicted octanol–water partition coefficient (Wildman–Crippen LogP) is 1.41. The molecule has 0 aromatic heterocycles. The Balaban J connectivity index is 4.17. The molecule has 6 heteroatoms. The first kappa shape index (κ1) is 12.1. The average Bonchev–Trinajstić information content (AvgIpc) is 2.00. The minimum atomic E-state index is -4.30. The van der Waals surface area contributed by atoms with Gasteiger partial charge in [0, 0.05) is 5.57 Å². The Morgan fingerprint density at radius 3 is 2.62 bits per heavy atom. The molecular formula is C7H11O5P. The lowest BCUT2D eigenvalue weighted by Crippen LogP contribution is -2.04. The summed E-state index contributed by atoms with van der Waals surface area (Å²) in [6.45, 7) is 7.69. The second kappa shape index (κ2) is 4.97. The molecule has 0 saturated heterocycles. The van der Waals surface area contributed by atoms with E-state index < -0.39 is 13.8 Å². The van der Waals surface area contributed by atoms with Crippen molar-refractivity contribution in [3.8, 4) is 0 Å². The quantitative estimate of drug-likeness (QED) is 0.418. The van der Waals surface area contributed by atoms with Crippen LogP contribution in [0.2, 0.25) is 0 Å². The van der Waals surface area contributed by atoms with Gasteiger partial charge < -0.3 is 4.52 Å². The molecule has 0 heterocycles. The topological polar surface area (TPSA) is 72.8 Å². The van der Waals surface area contributed by atoms with E-state index in [1.807, 2.05) is 0 Å². The van der Waals surface area contributed by atoms with Gasteiger partial charge in [0.15, 0.2) is 0 Å². The normalized spacial score (nSPS) is 14.3. The summed E-state index contributed by atoms with van der Waals surface area (Å²) >= 11 is 0. The van der Waals surface area contributed by atoms with Crippen LogP contribution in [0, 0.1) is 0 Å². The minimum absolute atomic E-state index is 0.0245. The van der Waals surface area contributed by atoms with Gasteiger partial charge in [0.25, 0.3) is 0 Å². The van der Waals surface area contributed by atoms with Crippen molar-refractivity contribution in [3.05, 3.63) is 24.8 Å². The highest BCUT2D eigenvalue weighted by Gasteiger charge is 2.25. The van der Waals surface area contributed by atoms with Crippen LogP contribution in [-0.4, -0.2) is 17.5 Å². The molecule has 0 saturated carbocycles. The van der Waals surface area contributed by atoms with E-state index in [0.717, 1.165) is 0 Å². The van der Waals surface area contributed by atoms with E-state index in [2.05, 4.69) is 22.2 Å². The molecule has 0 aliphatic rings. The van der Waals surface area contributed by atoms with E-state index in [4.69, 9.17) is 4.89 Å². The molecule has 0 amide bonds. The zero-order chi connectivity index (χ0) is 10.5. The maximum Gasteiger partial charge on any atom is 0.530 e. The fraction of sp³-hybridized carbons (Fsp3) is 0.286. The SMILES string of the molecule is C=CCOP(=O)(O)OC(=O)C(=C)C. The van der Waals surface area contributed by atoms with Crippen LogP contribution in [-0.2, 0) is 18.4 Å². The molecule has 0 bridgehead atoms. The molecule has 0 aliphatic carbocycles. The summed E-state index contributed by atoms with van der Waals surface area (Å²) in [5.74, 6) is -0.963. The standard InChI is InChI=1S/C7H11O5P/c1-4-5-11-13(9,10)12-7(8)6(2)3/h4H,1-2,5H2,3H3,(H,9,10). The van der Waals surface area contributed by atoms with E-state index in [9.17, 15) is 9.36 Å². The van der Waals surface area contributed by atoms with Crippen LogP contribution >= 0.6 is 7.82 Å². The second-order valence-corrected chi connectivity index (χ2v) is 3.59. The smallest absolute Gasteiger partial charge is 0.367 e. The first-order valence-electron chi connectivity index (χ1n) is 3.36. The summed E-state index contributed by atoms with van der Waals surface area (Å²) in [7, 11) is -4.30. The number of rotatable bonds is 5. The summed E-state index contributed by atoms with van der Waals surface area (Å²) in [6, 6.07) is 0. The average molecular weight is 206 g/mol. The highest BCUT2D eigenvalue weighted by Crippen LogP contribution is 2.43. The maximum atomic E-state index is 10.9. The van der Waals surface area contributed by atoms with Gasteiger partial charge in [-0.15, -0.1) is 6.58 Å². The van der Waals surface area contributed by atoms with Crippen LogP contribution in [0.3, 0.4) is 0 Å². The van der Waals surface area contributed by atoms with Gasteiger partial charge in [-0.25, -0.2) is 9.36 Å². The second-order valence-electron chi connectivity index (χ2n) is 2.21. The largest absolute Gasteiger partial charge is 0.530 e. The fourth-order valence-corrected chi connectivity index (χ4v) is 1.07. The lowest BCUT2D eigenvalue weighted by Gasteiger charge is -2.09. The Bertz CT molecular complexity index is 270. The summed E-state index contributed by atoms with van der Waals surface area (Å²) in [4.78, 5) is 19.6. The molecule has 0 aromatic rings. The lowest BCUT2D eigenvalue weighted by atomic mass is 10.4. The van der Waals surface area contributed by atoms with Crippen molar-refractivity contribution < 1.29 is 23.3 Å². The summed E-state index contributed by atoms with van der Waals surface area (Å²) in [5, 5.41) is 0. The Kier molecular flexibility index (Phi) is 4.62. The van der Waals surface area contributed by atoms with Gasteiger partial charge >= 0.3 is 13.8 Å². The Hall–Kier alpha value is -0.900. The number of carbonyl (C=O) groups is 1. The van der Waals surface area contributed by atoms with Gasteiger partial charge in [-0.05, 0) is 6.92 Å². The lowest BCUT2D eigenvalue weighted by molar-refractivity contribution is -0.131. The maximum absolute atomic E-state index is 10.9. The first-order chi connectivity index (χ1) is 5.89. The van der Waals surface area contributed by atoms with Crippen LogP contribution in [0.15, 0.2) is 24.8 Å². The third kappa shape index (κ3) is 5.36. The molecule has 0 aliphatic heterocycles. The van der Waals surface area contributed by atoms with Crippen molar-refractivity contribution >= 4 is 13.8 Å². The van der Waals surface area contributed by atoms with Crippen LogP contribution in [0.25, 0.3) is 0 Å². The molecule has 0 radical (unpaired) electrons. The molecule has 5 nitrogen and oxygen atoms in total. The highest BCUT2D eigenvalue weighted by atomic mass is 31.2. The Labute approximate surface area is 76.3 Å². The first-order valence-corrected chi connectivity index (χ1v) is 4.86. The number of hydrogen-bond acceptors (Lipinski definition) is 4. The van der Waals surface area contributed by atoms with Crippen molar-refractivity contribution in [2.45, 2.75) is 6.92 Å². The van der Waals surface area contributed by atoms with Gasteiger partial charge in [0.2, 0.25) is 0 Å². The molecular weight excluding hydrogens is 195 g/mol. The number of hydrogen-bond donors (Lipinski definition) is 1. The van der Waals surface area contributed by atoms with Crippen molar-refractivity contribution in [1.82, 2.24) is 0 Å². The van der Waals surface area contributed by atoms with E-state index in [1.165, 1.54) is 13.0 Å². The van der Waals surface area contributed by atoms with Gasteiger partial charge in [-0.1, -0.05) is 12.7 Å². The van der Waals surface area contributed by atoms with E-state index in [-0.39, 0.29) is 12.2 Å². The van der Waals surface area contributed by atoms with Gasteiger partial charge in [-0.3, -0.25) is 9.42 Å². The third-order valence-electron chi connectivity index (χ3n) is 0.902. The van der Waals surface area contributed by atoms with E-state index >= 15 is 0 Å². The van der Waals surface area contributed by atoms with Crippen molar-refractivity contribution in [3.63, 3.8) is 0 Å². The van der Waals surface area contributed by atoms with Crippen LogP contribution in [0.4, 0.5) is 0 Å². The van der Waals surface area contributed by atoms with Crippen molar-refractivity contribution in [2.24, 2.45) is 0 Å². The zero-order valence-corrected chi connectivity index (χ0v) is 8.12. The van der Waals surface area contributed by atoms with Crippen LogP contribution in [0.1, 0.15) is 6.92 Å². The predicted molar refractivity (Wildman–Crippen MR) is 46.9 cm³/mol. The zero-order valence-electron chi connectivity index (χ0n) is 7.23. The number of phosphoric ester groups is 1. The van der Waals surface area contributed by atoms with Crippen LogP contribution < -0.4 is 0 Å². The monoisotopic (exact) mass is 206 g/mol. The Morgan fingerprint density at radius 1 is 1.69 bits per heavy atom. The van der Waals surface area contributed by atoms with Crippen molar-refractivity contribution in [2.75, 3.05) is 6.61 Å². The Morgan fingerprint density at radius 2 is 2.23 bits per heavy atom. The van der Waals surface area contributed by atoms with E-state index in [0.29, 0.717) is 0 Å². The van der Waals surface area contributed by atoms with Gasteiger partial charge in [0.05, 0.1) is 6.61 Å². The molecule has 1 atom stereocenters. The van der Waals surface area contributed by atoms with Gasteiger partial charge in [0.1, 0.15) is 0 Å². The van der Waals surface area contributed by atoms with Crippen LogP contribution in [0.5, 0.6) is 0 Å². The molecule has 0 fully saturated rings. The third-order valence-corrected chi connectivity index (χ3v) is 1.77.